The van der Waals surface area contributed by atoms with Gasteiger partial charge in [-0.05, 0) is 30.3 Å². The third kappa shape index (κ3) is 3.70. The summed E-state index contributed by atoms with van der Waals surface area (Å²) in [5.41, 5.74) is 2.57. The van der Waals surface area contributed by atoms with Crippen LogP contribution in [-0.4, -0.2) is 15.2 Å². The van der Waals surface area contributed by atoms with Crippen LogP contribution in [0.5, 0.6) is 0 Å². The second-order valence-electron chi connectivity index (χ2n) is 5.36. The minimum absolute atomic E-state index is 0.256. The van der Waals surface area contributed by atoms with Crippen LogP contribution in [0, 0.1) is 0 Å². The van der Waals surface area contributed by atoms with Crippen molar-refractivity contribution >= 4 is 45.6 Å². The zero-order valence-corrected chi connectivity index (χ0v) is 15.6. The molecule has 0 spiro atoms. The molecule has 26 heavy (non-hydrogen) atoms. The maximum Gasteiger partial charge on any atom is 0.259 e. The van der Waals surface area contributed by atoms with Crippen molar-refractivity contribution in [3.05, 3.63) is 76.6 Å². The molecule has 0 aliphatic rings. The molecule has 0 aliphatic carbocycles. The first-order valence-corrected chi connectivity index (χ1v) is 9.30. The van der Waals surface area contributed by atoms with E-state index in [0.29, 0.717) is 15.9 Å². The minimum atomic E-state index is 0.256. The molecule has 0 unspecified atom stereocenters. The maximum absolute atomic E-state index is 6.33. The third-order valence-corrected chi connectivity index (χ3v) is 4.97. The lowest BCUT2D eigenvalue weighted by molar-refractivity contribution is 0.556. The van der Waals surface area contributed by atoms with E-state index in [9.17, 15) is 0 Å². The highest BCUT2D eigenvalue weighted by Crippen LogP contribution is 2.29. The highest BCUT2D eigenvalue weighted by atomic mass is 35.5. The average molecular weight is 400 g/mol. The monoisotopic (exact) mass is 399 g/mol. The average Bonchev–Trinajstić information content (AvgIpc) is 3.33. The number of hydrogen-bond donors (Lipinski definition) is 0. The molecule has 7 heteroatoms. The fourth-order valence-corrected chi connectivity index (χ4v) is 3.38. The third-order valence-electron chi connectivity index (χ3n) is 3.54. The standard InChI is InChI=1S/C19H11Cl2N3OS/c20-14-8-6-13(7-9-14)19-22-15(11-26-19)10-16(21)18-24-23-17(25-18)12-4-2-1-3-5-12/h1-11H/b16-10-. The number of halogens is 2. The summed E-state index contributed by atoms with van der Waals surface area (Å²) in [6.45, 7) is 0. The lowest BCUT2D eigenvalue weighted by Crippen LogP contribution is -1.80. The predicted octanol–water partition coefficient (Wildman–Crippen LogP) is 6.25. The molecule has 2 heterocycles. The first-order valence-electron chi connectivity index (χ1n) is 7.67. The zero-order chi connectivity index (χ0) is 17.9. The summed E-state index contributed by atoms with van der Waals surface area (Å²) < 4.78 is 5.65. The number of nitrogens with zero attached hydrogens (tertiary/aromatic N) is 3. The number of aromatic nitrogens is 3. The highest BCUT2D eigenvalue weighted by molar-refractivity contribution is 7.13. The van der Waals surface area contributed by atoms with Crippen LogP contribution in [0.4, 0.5) is 0 Å². The molecule has 0 amide bonds. The highest BCUT2D eigenvalue weighted by Gasteiger charge is 2.12. The van der Waals surface area contributed by atoms with E-state index in [1.54, 1.807) is 6.08 Å². The Bertz CT molecular complexity index is 1060. The molecule has 4 nitrogen and oxygen atoms in total. The van der Waals surface area contributed by atoms with E-state index in [1.165, 1.54) is 11.3 Å². The van der Waals surface area contributed by atoms with Gasteiger partial charge in [-0.1, -0.05) is 53.5 Å². The van der Waals surface area contributed by atoms with E-state index < -0.39 is 0 Å². The van der Waals surface area contributed by atoms with Gasteiger partial charge >= 0.3 is 0 Å². The maximum atomic E-state index is 6.33. The summed E-state index contributed by atoms with van der Waals surface area (Å²) in [5, 5.41) is 11.9. The Morgan fingerprint density at radius 2 is 1.73 bits per heavy atom. The molecule has 0 radical (unpaired) electrons. The molecule has 0 N–H and O–H groups in total. The molecule has 0 fully saturated rings. The molecule has 0 atom stereocenters. The Hall–Kier alpha value is -2.47. The Kier molecular flexibility index (Phi) is 4.84. The second kappa shape index (κ2) is 7.41. The normalized spacial score (nSPS) is 11.7. The first-order chi connectivity index (χ1) is 12.7. The van der Waals surface area contributed by atoms with Crippen molar-refractivity contribution in [1.82, 2.24) is 15.2 Å². The van der Waals surface area contributed by atoms with E-state index in [4.69, 9.17) is 27.6 Å². The van der Waals surface area contributed by atoms with E-state index in [0.717, 1.165) is 21.8 Å². The predicted molar refractivity (Wildman–Crippen MR) is 106 cm³/mol. The largest absolute Gasteiger partial charge is 0.415 e. The van der Waals surface area contributed by atoms with Crippen LogP contribution in [0.2, 0.25) is 5.02 Å². The van der Waals surface area contributed by atoms with Crippen LogP contribution in [0.1, 0.15) is 11.6 Å². The van der Waals surface area contributed by atoms with Gasteiger partial charge in [-0.3, -0.25) is 0 Å². The molecule has 0 saturated carbocycles. The SMILES string of the molecule is Cl/C(=C\c1csc(-c2ccc(Cl)cc2)n1)c1nnc(-c2ccccc2)o1. The van der Waals surface area contributed by atoms with Gasteiger partial charge in [-0.15, -0.1) is 21.5 Å². The van der Waals surface area contributed by atoms with Crippen molar-refractivity contribution in [2.45, 2.75) is 0 Å². The summed E-state index contributed by atoms with van der Waals surface area (Å²) >= 11 is 13.8. The van der Waals surface area contributed by atoms with Crippen molar-refractivity contribution in [3.63, 3.8) is 0 Å². The van der Waals surface area contributed by atoms with Crippen molar-refractivity contribution in [1.29, 1.82) is 0 Å². The summed E-state index contributed by atoms with van der Waals surface area (Å²) in [6, 6.07) is 17.1. The lowest BCUT2D eigenvalue weighted by Gasteiger charge is -1.95. The van der Waals surface area contributed by atoms with Crippen molar-refractivity contribution in [3.8, 4) is 22.0 Å². The zero-order valence-electron chi connectivity index (χ0n) is 13.3. The summed E-state index contributed by atoms with van der Waals surface area (Å²) in [4.78, 5) is 4.57. The molecule has 2 aromatic heterocycles. The van der Waals surface area contributed by atoms with Gasteiger partial charge in [0, 0.05) is 21.5 Å². The van der Waals surface area contributed by atoms with E-state index >= 15 is 0 Å². The van der Waals surface area contributed by atoms with E-state index in [-0.39, 0.29) is 5.89 Å². The quantitative estimate of drug-likeness (QED) is 0.406. The van der Waals surface area contributed by atoms with Crippen LogP contribution in [0.3, 0.4) is 0 Å². The molecule has 0 saturated heterocycles. The topological polar surface area (TPSA) is 51.8 Å². The van der Waals surface area contributed by atoms with Gasteiger partial charge in [0.1, 0.15) is 10.0 Å². The first kappa shape index (κ1) is 17.0. The van der Waals surface area contributed by atoms with Gasteiger partial charge < -0.3 is 4.42 Å². The number of rotatable bonds is 4. The van der Waals surface area contributed by atoms with Crippen LogP contribution in [-0.2, 0) is 0 Å². The summed E-state index contributed by atoms with van der Waals surface area (Å²) in [7, 11) is 0. The minimum Gasteiger partial charge on any atom is -0.415 e. The van der Waals surface area contributed by atoms with Gasteiger partial charge in [0.25, 0.3) is 5.89 Å². The second-order valence-corrected chi connectivity index (χ2v) is 7.06. The van der Waals surface area contributed by atoms with Crippen molar-refractivity contribution in [2.24, 2.45) is 0 Å². The van der Waals surface area contributed by atoms with Gasteiger partial charge in [0.2, 0.25) is 5.89 Å². The Morgan fingerprint density at radius 3 is 2.50 bits per heavy atom. The Balaban J connectivity index is 1.57. The summed E-state index contributed by atoms with van der Waals surface area (Å²) in [6.07, 6.45) is 1.71. The molecule has 0 aliphatic heterocycles. The smallest absolute Gasteiger partial charge is 0.259 e. The molecule has 2 aromatic carbocycles. The summed E-state index contributed by atoms with van der Waals surface area (Å²) in [5.74, 6) is 0.679. The van der Waals surface area contributed by atoms with Crippen LogP contribution < -0.4 is 0 Å². The molecule has 4 aromatic rings. The van der Waals surface area contributed by atoms with Gasteiger partial charge in [-0.2, -0.15) is 0 Å². The van der Waals surface area contributed by atoms with E-state index in [1.807, 2.05) is 60.0 Å². The Labute approximate surface area is 163 Å². The lowest BCUT2D eigenvalue weighted by atomic mass is 10.2. The molecular weight excluding hydrogens is 389 g/mol. The number of thiazole rings is 1. The van der Waals surface area contributed by atoms with Crippen LogP contribution in [0.25, 0.3) is 33.1 Å². The van der Waals surface area contributed by atoms with Gasteiger partial charge in [-0.25, -0.2) is 4.98 Å². The molecule has 128 valence electrons. The number of benzene rings is 2. The van der Waals surface area contributed by atoms with Gasteiger partial charge in [0.05, 0.1) is 5.69 Å². The Morgan fingerprint density at radius 1 is 0.962 bits per heavy atom. The van der Waals surface area contributed by atoms with E-state index in [2.05, 4.69) is 15.2 Å². The van der Waals surface area contributed by atoms with Crippen LogP contribution >= 0.6 is 34.5 Å². The molecule has 0 bridgehead atoms. The van der Waals surface area contributed by atoms with Crippen molar-refractivity contribution < 1.29 is 4.42 Å². The van der Waals surface area contributed by atoms with Crippen LogP contribution in [0.15, 0.2) is 64.4 Å². The van der Waals surface area contributed by atoms with Crippen molar-refractivity contribution in [2.75, 3.05) is 0 Å². The fourth-order valence-electron chi connectivity index (χ4n) is 2.29. The number of hydrogen-bond acceptors (Lipinski definition) is 5. The fraction of sp³-hybridized carbons (Fsp3) is 0. The molecular formula is C19H11Cl2N3OS. The van der Waals surface area contributed by atoms with Gasteiger partial charge in [0.15, 0.2) is 0 Å². The molecule has 4 rings (SSSR count).